The summed E-state index contributed by atoms with van der Waals surface area (Å²) in [4.78, 5) is 3.92. The average molecular weight is 237 g/mol. The highest BCUT2D eigenvalue weighted by molar-refractivity contribution is 5.43. The minimum atomic E-state index is -0.879. The number of hydrogen-bond acceptors (Lipinski definition) is 4. The number of aromatic nitrogens is 1. The van der Waals surface area contributed by atoms with Crippen molar-refractivity contribution in [1.82, 2.24) is 4.98 Å². The number of hydrogen-bond donors (Lipinski definition) is 1. The smallest absolute Gasteiger partial charge is 0.182 e. The Bertz CT molecular complexity index is 401. The quantitative estimate of drug-likeness (QED) is 0.815. The molecule has 0 bridgehead atoms. The van der Waals surface area contributed by atoms with Gasteiger partial charge in [0.25, 0.3) is 0 Å². The van der Waals surface area contributed by atoms with Gasteiger partial charge in [-0.3, -0.25) is 0 Å². The summed E-state index contributed by atoms with van der Waals surface area (Å²) in [6, 6.07) is 3.71. The molecular formula is C12H16FN3O. The van der Waals surface area contributed by atoms with Gasteiger partial charge in [0.2, 0.25) is 0 Å². The molecule has 17 heavy (non-hydrogen) atoms. The highest BCUT2D eigenvalue weighted by Gasteiger charge is 2.11. The number of nitrogens with two attached hydrogens (primary N) is 1. The summed E-state index contributed by atoms with van der Waals surface area (Å²) in [7, 11) is 0. The maximum absolute atomic E-state index is 12.8. The number of pyridine rings is 1. The van der Waals surface area contributed by atoms with Crippen molar-refractivity contribution in [2.45, 2.75) is 25.9 Å². The number of rotatable bonds is 6. The molecule has 1 aromatic rings. The van der Waals surface area contributed by atoms with Crippen LogP contribution in [0.2, 0.25) is 0 Å². The molecule has 1 heterocycles. The molecule has 1 atom stereocenters. The van der Waals surface area contributed by atoms with Crippen LogP contribution in [0.1, 0.15) is 24.6 Å². The van der Waals surface area contributed by atoms with Gasteiger partial charge in [-0.15, -0.1) is 0 Å². The minimum Gasteiger partial charge on any atom is -0.489 e. The monoisotopic (exact) mass is 237 g/mol. The van der Waals surface area contributed by atoms with Crippen molar-refractivity contribution < 1.29 is 9.13 Å². The molecule has 0 spiro atoms. The third kappa shape index (κ3) is 4.00. The number of halogens is 1. The van der Waals surface area contributed by atoms with E-state index in [2.05, 4.69) is 4.98 Å². The van der Waals surface area contributed by atoms with E-state index in [4.69, 9.17) is 15.7 Å². The highest BCUT2D eigenvalue weighted by atomic mass is 19.1. The Hall–Kier alpha value is -1.67. The summed E-state index contributed by atoms with van der Waals surface area (Å²) in [5.74, 6) is 0.432. The zero-order chi connectivity index (χ0) is 12.7. The fraction of sp³-hybridized carbons (Fsp3) is 0.500. The lowest BCUT2D eigenvalue weighted by atomic mass is 10.1. The summed E-state index contributed by atoms with van der Waals surface area (Å²) in [6.45, 7) is 2.18. The standard InChI is InChI=1S/C12H16FN3O/c1-9(13)2-3-10-4-6-16-11(8-15)12(10)17-7-5-14/h4,6,9H,2-3,5,7,14H2,1H3. The highest BCUT2D eigenvalue weighted by Crippen LogP contribution is 2.23. The maximum Gasteiger partial charge on any atom is 0.182 e. The second kappa shape index (κ2) is 6.81. The molecule has 0 aliphatic rings. The fourth-order valence-corrected chi connectivity index (χ4v) is 1.44. The average Bonchev–Trinajstić information content (AvgIpc) is 2.33. The van der Waals surface area contributed by atoms with Crippen molar-refractivity contribution in [3.05, 3.63) is 23.5 Å². The molecule has 2 N–H and O–H groups in total. The Balaban J connectivity index is 2.90. The zero-order valence-electron chi connectivity index (χ0n) is 9.82. The predicted octanol–water partition coefficient (Wildman–Crippen LogP) is 1.58. The number of alkyl halides is 1. The van der Waals surface area contributed by atoms with E-state index in [1.165, 1.54) is 13.1 Å². The molecule has 0 saturated carbocycles. The first kappa shape index (κ1) is 13.4. The van der Waals surface area contributed by atoms with Gasteiger partial charge in [0.05, 0.1) is 6.17 Å². The summed E-state index contributed by atoms with van der Waals surface area (Å²) in [6.07, 6.45) is 1.57. The van der Waals surface area contributed by atoms with Crippen LogP contribution >= 0.6 is 0 Å². The second-order valence-corrected chi connectivity index (χ2v) is 3.72. The van der Waals surface area contributed by atoms with Crippen LogP contribution in [-0.4, -0.2) is 24.3 Å². The molecule has 5 heteroatoms. The number of ether oxygens (including phenoxy) is 1. The number of nitriles is 1. The maximum atomic E-state index is 12.8. The van der Waals surface area contributed by atoms with Crippen LogP contribution in [-0.2, 0) is 6.42 Å². The normalized spacial score (nSPS) is 11.9. The molecule has 1 aromatic heterocycles. The van der Waals surface area contributed by atoms with Crippen LogP contribution in [0, 0.1) is 11.3 Å². The van der Waals surface area contributed by atoms with Crippen LogP contribution < -0.4 is 10.5 Å². The van der Waals surface area contributed by atoms with E-state index in [0.29, 0.717) is 31.7 Å². The van der Waals surface area contributed by atoms with Gasteiger partial charge in [0.15, 0.2) is 11.4 Å². The van der Waals surface area contributed by atoms with E-state index in [1.54, 1.807) is 6.07 Å². The van der Waals surface area contributed by atoms with Crippen LogP contribution in [0.4, 0.5) is 4.39 Å². The van der Waals surface area contributed by atoms with Crippen molar-refractivity contribution >= 4 is 0 Å². The molecule has 0 saturated heterocycles. The molecule has 0 aromatic carbocycles. The Morgan fingerprint density at radius 2 is 2.41 bits per heavy atom. The van der Waals surface area contributed by atoms with E-state index in [0.717, 1.165) is 5.56 Å². The van der Waals surface area contributed by atoms with E-state index in [1.807, 2.05) is 6.07 Å². The van der Waals surface area contributed by atoms with E-state index >= 15 is 0 Å². The molecule has 0 aliphatic carbocycles. The van der Waals surface area contributed by atoms with Crippen molar-refractivity contribution in [2.24, 2.45) is 5.73 Å². The Labute approximate surface area is 100 Å². The van der Waals surface area contributed by atoms with Gasteiger partial charge in [-0.25, -0.2) is 9.37 Å². The lowest BCUT2D eigenvalue weighted by Crippen LogP contribution is -2.13. The fourth-order valence-electron chi connectivity index (χ4n) is 1.44. The molecule has 4 nitrogen and oxygen atoms in total. The largest absolute Gasteiger partial charge is 0.489 e. The first-order chi connectivity index (χ1) is 8.19. The van der Waals surface area contributed by atoms with Gasteiger partial charge in [-0.05, 0) is 31.4 Å². The third-order valence-corrected chi connectivity index (χ3v) is 2.27. The Kier molecular flexibility index (Phi) is 5.37. The van der Waals surface area contributed by atoms with Crippen molar-refractivity contribution in [3.8, 4) is 11.8 Å². The van der Waals surface area contributed by atoms with Crippen molar-refractivity contribution in [3.63, 3.8) is 0 Å². The summed E-state index contributed by atoms with van der Waals surface area (Å²) < 4.78 is 18.2. The van der Waals surface area contributed by atoms with Gasteiger partial charge in [-0.1, -0.05) is 0 Å². The summed E-state index contributed by atoms with van der Waals surface area (Å²) in [5.41, 5.74) is 6.38. The van der Waals surface area contributed by atoms with E-state index in [-0.39, 0.29) is 5.69 Å². The first-order valence-corrected chi connectivity index (χ1v) is 5.54. The van der Waals surface area contributed by atoms with E-state index < -0.39 is 6.17 Å². The van der Waals surface area contributed by atoms with Crippen molar-refractivity contribution in [1.29, 1.82) is 5.26 Å². The van der Waals surface area contributed by atoms with Crippen LogP contribution in [0.15, 0.2) is 12.3 Å². The SMILES string of the molecule is CC(F)CCc1ccnc(C#N)c1OCCN. The Morgan fingerprint density at radius 1 is 1.65 bits per heavy atom. The first-order valence-electron chi connectivity index (χ1n) is 5.54. The number of nitrogens with zero attached hydrogens (tertiary/aromatic N) is 2. The molecule has 1 rings (SSSR count). The molecular weight excluding hydrogens is 221 g/mol. The van der Waals surface area contributed by atoms with Gasteiger partial charge in [0.1, 0.15) is 12.7 Å². The van der Waals surface area contributed by atoms with Gasteiger partial charge in [-0.2, -0.15) is 5.26 Å². The molecule has 92 valence electrons. The molecule has 1 unspecified atom stereocenters. The minimum absolute atomic E-state index is 0.225. The van der Waals surface area contributed by atoms with Gasteiger partial charge >= 0.3 is 0 Å². The summed E-state index contributed by atoms with van der Waals surface area (Å²) in [5, 5.41) is 8.92. The van der Waals surface area contributed by atoms with Crippen LogP contribution in [0.25, 0.3) is 0 Å². The lowest BCUT2D eigenvalue weighted by Gasteiger charge is -2.11. The molecule has 0 radical (unpaired) electrons. The summed E-state index contributed by atoms with van der Waals surface area (Å²) >= 11 is 0. The third-order valence-electron chi connectivity index (χ3n) is 2.27. The van der Waals surface area contributed by atoms with Gasteiger partial charge < -0.3 is 10.5 Å². The predicted molar refractivity (Wildman–Crippen MR) is 62.4 cm³/mol. The molecule has 0 amide bonds. The van der Waals surface area contributed by atoms with E-state index in [9.17, 15) is 4.39 Å². The second-order valence-electron chi connectivity index (χ2n) is 3.72. The zero-order valence-corrected chi connectivity index (χ0v) is 9.82. The molecule has 0 fully saturated rings. The Morgan fingerprint density at radius 3 is 3.00 bits per heavy atom. The van der Waals surface area contributed by atoms with Gasteiger partial charge in [0, 0.05) is 12.7 Å². The lowest BCUT2D eigenvalue weighted by molar-refractivity contribution is 0.315. The topological polar surface area (TPSA) is 71.9 Å². The number of aryl methyl sites for hydroxylation is 1. The van der Waals surface area contributed by atoms with Crippen molar-refractivity contribution in [2.75, 3.05) is 13.2 Å². The molecule has 0 aliphatic heterocycles. The van der Waals surface area contributed by atoms with Crippen LogP contribution in [0.5, 0.6) is 5.75 Å². The van der Waals surface area contributed by atoms with Crippen LogP contribution in [0.3, 0.4) is 0 Å².